The molecule has 0 aromatic heterocycles. The van der Waals surface area contributed by atoms with Crippen LogP contribution in [0.25, 0.3) is 0 Å². The molecule has 118 valence electrons. The van der Waals surface area contributed by atoms with Crippen LogP contribution in [-0.4, -0.2) is 20.0 Å². The van der Waals surface area contributed by atoms with Gasteiger partial charge in [-0.05, 0) is 31.4 Å². The van der Waals surface area contributed by atoms with E-state index in [-0.39, 0.29) is 5.54 Å². The predicted molar refractivity (Wildman–Crippen MR) is 85.6 cm³/mol. The molecule has 0 radical (unpaired) electrons. The highest BCUT2D eigenvalue weighted by atomic mass is 32.2. The fourth-order valence-corrected chi connectivity index (χ4v) is 4.57. The molecule has 21 heavy (non-hydrogen) atoms. The molecule has 2 rings (SSSR count). The van der Waals surface area contributed by atoms with Crippen molar-refractivity contribution in [3.63, 3.8) is 0 Å². The van der Waals surface area contributed by atoms with Gasteiger partial charge in [0.05, 0.1) is 4.90 Å². The van der Waals surface area contributed by atoms with Crippen molar-refractivity contribution in [2.24, 2.45) is 0 Å². The van der Waals surface area contributed by atoms with E-state index < -0.39 is 10.0 Å². The Morgan fingerprint density at radius 2 is 1.81 bits per heavy atom. The van der Waals surface area contributed by atoms with Gasteiger partial charge in [0.25, 0.3) is 0 Å². The summed E-state index contributed by atoms with van der Waals surface area (Å²) in [6, 6.07) is 7.55. The predicted octanol–water partition coefficient (Wildman–Crippen LogP) is 2.80. The average molecular weight is 310 g/mol. The molecule has 1 aliphatic carbocycles. The van der Waals surface area contributed by atoms with Gasteiger partial charge in [-0.1, -0.05) is 44.9 Å². The van der Waals surface area contributed by atoms with E-state index in [9.17, 15) is 8.42 Å². The monoisotopic (exact) mass is 310 g/mol. The summed E-state index contributed by atoms with van der Waals surface area (Å²) in [5.41, 5.74) is 0.525. The molecule has 4 nitrogen and oxygen atoms in total. The topological polar surface area (TPSA) is 58.2 Å². The van der Waals surface area contributed by atoms with Crippen LogP contribution in [0.1, 0.15) is 52.0 Å². The molecule has 1 saturated carbocycles. The standard InChI is InChI=1S/C16H26N2O2S/c1-13(2)17-12-14-8-4-5-9-15(14)21(19,20)18-16(3)10-6-7-11-16/h4-5,8-9,13,17-18H,6-7,10-12H2,1-3H3. The third kappa shape index (κ3) is 4.28. The van der Waals surface area contributed by atoms with E-state index in [2.05, 4.69) is 23.9 Å². The summed E-state index contributed by atoms with van der Waals surface area (Å²) in [6.07, 6.45) is 4.02. The first kappa shape index (κ1) is 16.5. The van der Waals surface area contributed by atoms with Gasteiger partial charge in [0, 0.05) is 18.1 Å². The van der Waals surface area contributed by atoms with Crippen molar-refractivity contribution in [1.82, 2.24) is 10.0 Å². The van der Waals surface area contributed by atoms with Crippen LogP contribution in [0.2, 0.25) is 0 Å². The van der Waals surface area contributed by atoms with Crippen molar-refractivity contribution in [1.29, 1.82) is 0 Å². The molecule has 0 unspecified atom stereocenters. The summed E-state index contributed by atoms with van der Waals surface area (Å²) in [6.45, 7) is 6.67. The third-order valence-electron chi connectivity index (χ3n) is 4.05. The van der Waals surface area contributed by atoms with Gasteiger partial charge in [-0.2, -0.15) is 0 Å². The van der Waals surface area contributed by atoms with Gasteiger partial charge in [-0.3, -0.25) is 0 Å². The molecule has 0 atom stereocenters. The number of nitrogens with one attached hydrogen (secondary N) is 2. The van der Waals surface area contributed by atoms with Crippen LogP contribution in [0.4, 0.5) is 0 Å². The van der Waals surface area contributed by atoms with Crippen LogP contribution in [0.5, 0.6) is 0 Å². The number of hydrogen-bond donors (Lipinski definition) is 2. The van der Waals surface area contributed by atoms with Crippen molar-refractivity contribution in [2.75, 3.05) is 0 Å². The molecule has 1 fully saturated rings. The van der Waals surface area contributed by atoms with Crippen LogP contribution in [0.3, 0.4) is 0 Å². The average Bonchev–Trinajstić information content (AvgIpc) is 2.82. The van der Waals surface area contributed by atoms with E-state index in [1.54, 1.807) is 12.1 Å². The minimum atomic E-state index is -3.47. The summed E-state index contributed by atoms with van der Waals surface area (Å²) >= 11 is 0. The highest BCUT2D eigenvalue weighted by Gasteiger charge is 2.34. The van der Waals surface area contributed by atoms with Crippen LogP contribution in [-0.2, 0) is 16.6 Å². The molecule has 2 N–H and O–H groups in total. The minimum Gasteiger partial charge on any atom is -0.310 e. The second kappa shape index (κ2) is 6.46. The van der Waals surface area contributed by atoms with E-state index in [4.69, 9.17) is 0 Å². The zero-order chi connectivity index (χ0) is 15.5. The molecule has 0 aliphatic heterocycles. The first-order valence-electron chi connectivity index (χ1n) is 7.68. The summed E-state index contributed by atoms with van der Waals surface area (Å²) in [7, 11) is -3.47. The maximum Gasteiger partial charge on any atom is 0.241 e. The summed E-state index contributed by atoms with van der Waals surface area (Å²) in [5.74, 6) is 0. The van der Waals surface area contributed by atoms with Gasteiger partial charge in [0.2, 0.25) is 10.0 Å². The highest BCUT2D eigenvalue weighted by Crippen LogP contribution is 2.31. The van der Waals surface area contributed by atoms with Gasteiger partial charge in [0.15, 0.2) is 0 Å². The zero-order valence-corrected chi connectivity index (χ0v) is 14.0. The van der Waals surface area contributed by atoms with E-state index in [0.717, 1.165) is 31.2 Å². The maximum absolute atomic E-state index is 12.7. The van der Waals surface area contributed by atoms with Gasteiger partial charge in [0.1, 0.15) is 0 Å². The second-order valence-electron chi connectivity index (χ2n) is 6.52. The molecule has 1 aliphatic rings. The van der Waals surface area contributed by atoms with Gasteiger partial charge >= 0.3 is 0 Å². The first-order chi connectivity index (χ1) is 9.82. The normalized spacial score (nSPS) is 18.3. The van der Waals surface area contributed by atoms with Crippen molar-refractivity contribution in [2.45, 2.75) is 69.5 Å². The van der Waals surface area contributed by atoms with Crippen LogP contribution < -0.4 is 10.0 Å². The van der Waals surface area contributed by atoms with E-state index in [1.165, 1.54) is 0 Å². The molecule has 0 bridgehead atoms. The van der Waals surface area contributed by atoms with Gasteiger partial charge in [-0.15, -0.1) is 0 Å². The minimum absolute atomic E-state index is 0.294. The number of sulfonamides is 1. The summed E-state index contributed by atoms with van der Waals surface area (Å²) < 4.78 is 28.4. The Hall–Kier alpha value is -0.910. The van der Waals surface area contributed by atoms with Crippen molar-refractivity contribution in [3.8, 4) is 0 Å². The Morgan fingerprint density at radius 3 is 2.43 bits per heavy atom. The van der Waals surface area contributed by atoms with Crippen LogP contribution in [0.15, 0.2) is 29.2 Å². The Bertz CT molecular complexity index is 576. The van der Waals surface area contributed by atoms with Crippen molar-refractivity contribution >= 4 is 10.0 Å². The van der Waals surface area contributed by atoms with Gasteiger partial charge < -0.3 is 5.32 Å². The fraction of sp³-hybridized carbons (Fsp3) is 0.625. The van der Waals surface area contributed by atoms with Crippen LogP contribution in [0, 0.1) is 0 Å². The first-order valence-corrected chi connectivity index (χ1v) is 9.16. The van der Waals surface area contributed by atoms with E-state index in [1.807, 2.05) is 19.1 Å². The smallest absolute Gasteiger partial charge is 0.241 e. The highest BCUT2D eigenvalue weighted by molar-refractivity contribution is 7.89. The molecule has 1 aromatic rings. The summed E-state index contributed by atoms with van der Waals surface area (Å²) in [4.78, 5) is 0.395. The van der Waals surface area contributed by atoms with Crippen molar-refractivity contribution in [3.05, 3.63) is 29.8 Å². The van der Waals surface area contributed by atoms with E-state index in [0.29, 0.717) is 17.5 Å². The zero-order valence-electron chi connectivity index (χ0n) is 13.1. The Kier molecular flexibility index (Phi) is 5.07. The Morgan fingerprint density at radius 1 is 1.19 bits per heavy atom. The quantitative estimate of drug-likeness (QED) is 0.849. The molecule has 0 spiro atoms. The van der Waals surface area contributed by atoms with Crippen LogP contribution >= 0.6 is 0 Å². The van der Waals surface area contributed by atoms with E-state index >= 15 is 0 Å². The fourth-order valence-electron chi connectivity index (χ4n) is 2.86. The molecule has 0 saturated heterocycles. The Labute approximate surface area is 128 Å². The maximum atomic E-state index is 12.7. The molecular formula is C16H26N2O2S. The number of rotatable bonds is 6. The lowest BCUT2D eigenvalue weighted by Gasteiger charge is -2.25. The number of hydrogen-bond acceptors (Lipinski definition) is 3. The molecule has 0 amide bonds. The Balaban J connectivity index is 2.23. The SMILES string of the molecule is CC(C)NCc1ccccc1S(=O)(=O)NC1(C)CCCC1. The molecule has 1 aromatic carbocycles. The lowest BCUT2D eigenvalue weighted by atomic mass is 10.0. The summed E-state index contributed by atoms with van der Waals surface area (Å²) in [5, 5.41) is 3.29. The van der Waals surface area contributed by atoms with Gasteiger partial charge in [-0.25, -0.2) is 13.1 Å². The van der Waals surface area contributed by atoms with Crippen molar-refractivity contribution < 1.29 is 8.42 Å². The number of benzene rings is 1. The molecule has 5 heteroatoms. The second-order valence-corrected chi connectivity index (χ2v) is 8.17. The lowest BCUT2D eigenvalue weighted by Crippen LogP contribution is -2.43. The lowest BCUT2D eigenvalue weighted by molar-refractivity contribution is 0.427. The largest absolute Gasteiger partial charge is 0.310 e. The molecule has 0 heterocycles. The molecular weight excluding hydrogens is 284 g/mol. The third-order valence-corrected chi connectivity index (χ3v) is 5.79.